The quantitative estimate of drug-likeness (QED) is 0.821. The molecule has 0 spiro atoms. The average Bonchev–Trinajstić information content (AvgIpc) is 2.17. The van der Waals surface area contributed by atoms with Crippen molar-refractivity contribution in [1.29, 1.82) is 0 Å². The number of nitrogens with two attached hydrogens (primary N) is 1. The molecule has 1 aromatic heterocycles. The minimum atomic E-state index is 0.443. The van der Waals surface area contributed by atoms with Gasteiger partial charge in [-0.25, -0.2) is 4.98 Å². The molecule has 0 amide bonds. The predicted molar refractivity (Wildman–Crippen MR) is 67.4 cm³/mol. The van der Waals surface area contributed by atoms with E-state index in [9.17, 15) is 0 Å². The van der Waals surface area contributed by atoms with Crippen LogP contribution in [0.4, 0.5) is 0 Å². The van der Waals surface area contributed by atoms with Gasteiger partial charge in [-0.1, -0.05) is 17.7 Å². The Morgan fingerprint density at radius 3 is 2.86 bits per heavy atom. The van der Waals surface area contributed by atoms with Crippen LogP contribution in [0.25, 0.3) is 10.9 Å². The van der Waals surface area contributed by atoms with Crippen molar-refractivity contribution >= 4 is 45.1 Å². The Morgan fingerprint density at radius 2 is 2.14 bits per heavy atom. The Balaban J connectivity index is 2.75. The topological polar surface area (TPSA) is 38.9 Å². The van der Waals surface area contributed by atoms with Crippen LogP contribution in [0.2, 0.25) is 5.02 Å². The van der Waals surface area contributed by atoms with Crippen LogP contribution in [-0.2, 0) is 6.54 Å². The molecule has 72 valence electrons. The molecule has 2 nitrogen and oxygen atoms in total. The molecular weight excluding hydrogens is 310 g/mol. The first-order chi connectivity index (χ1) is 6.70. The standard InChI is InChI=1S/C10H8ClIN2/c11-9-4-7(12)3-6-1-2-8(5-13)14-10(6)9/h1-4H,5,13H2. The van der Waals surface area contributed by atoms with Gasteiger partial charge >= 0.3 is 0 Å². The number of hydrogen-bond acceptors (Lipinski definition) is 2. The van der Waals surface area contributed by atoms with E-state index in [1.165, 1.54) is 0 Å². The normalized spacial score (nSPS) is 10.8. The third kappa shape index (κ3) is 1.85. The van der Waals surface area contributed by atoms with Gasteiger partial charge in [-0.2, -0.15) is 0 Å². The maximum atomic E-state index is 6.08. The Bertz CT molecular complexity index is 485. The van der Waals surface area contributed by atoms with Crippen LogP contribution >= 0.6 is 34.2 Å². The molecular formula is C10H8ClIN2. The summed E-state index contributed by atoms with van der Waals surface area (Å²) in [6, 6.07) is 7.88. The molecule has 0 atom stereocenters. The maximum absolute atomic E-state index is 6.08. The summed E-state index contributed by atoms with van der Waals surface area (Å²) in [5.41, 5.74) is 7.20. The molecule has 2 N–H and O–H groups in total. The zero-order chi connectivity index (χ0) is 10.1. The van der Waals surface area contributed by atoms with Crippen molar-refractivity contribution in [2.75, 3.05) is 0 Å². The molecule has 1 aromatic carbocycles. The van der Waals surface area contributed by atoms with Crippen LogP contribution in [0, 0.1) is 3.57 Å². The van der Waals surface area contributed by atoms with Crippen molar-refractivity contribution < 1.29 is 0 Å². The largest absolute Gasteiger partial charge is 0.325 e. The number of rotatable bonds is 1. The van der Waals surface area contributed by atoms with Crippen LogP contribution in [-0.4, -0.2) is 4.98 Å². The highest BCUT2D eigenvalue weighted by molar-refractivity contribution is 14.1. The summed E-state index contributed by atoms with van der Waals surface area (Å²) in [6.45, 7) is 0.443. The number of aromatic nitrogens is 1. The first-order valence-corrected chi connectivity index (χ1v) is 5.61. The zero-order valence-electron chi connectivity index (χ0n) is 7.30. The number of nitrogens with zero attached hydrogens (tertiary/aromatic N) is 1. The van der Waals surface area contributed by atoms with E-state index >= 15 is 0 Å². The highest BCUT2D eigenvalue weighted by Crippen LogP contribution is 2.24. The number of pyridine rings is 1. The molecule has 0 aliphatic rings. The summed E-state index contributed by atoms with van der Waals surface area (Å²) in [4.78, 5) is 4.37. The third-order valence-corrected chi connectivity index (χ3v) is 2.89. The lowest BCUT2D eigenvalue weighted by molar-refractivity contribution is 1.01. The molecule has 1 heterocycles. The summed E-state index contributed by atoms with van der Waals surface area (Å²) in [5.74, 6) is 0. The number of hydrogen-bond donors (Lipinski definition) is 1. The maximum Gasteiger partial charge on any atom is 0.0892 e. The average molecular weight is 319 g/mol. The van der Waals surface area contributed by atoms with Crippen LogP contribution in [0.3, 0.4) is 0 Å². The number of halogens is 2. The molecule has 2 rings (SSSR count). The van der Waals surface area contributed by atoms with Gasteiger partial charge in [0.05, 0.1) is 16.2 Å². The fourth-order valence-corrected chi connectivity index (χ4v) is 2.41. The Morgan fingerprint density at radius 1 is 1.36 bits per heavy atom. The lowest BCUT2D eigenvalue weighted by Gasteiger charge is -2.03. The van der Waals surface area contributed by atoms with E-state index in [4.69, 9.17) is 17.3 Å². The van der Waals surface area contributed by atoms with Crippen molar-refractivity contribution in [3.8, 4) is 0 Å². The van der Waals surface area contributed by atoms with E-state index in [-0.39, 0.29) is 0 Å². The highest BCUT2D eigenvalue weighted by atomic mass is 127. The van der Waals surface area contributed by atoms with Gasteiger partial charge in [-0.15, -0.1) is 0 Å². The molecule has 0 saturated carbocycles. The summed E-state index contributed by atoms with van der Waals surface area (Å²) in [7, 11) is 0. The van der Waals surface area contributed by atoms with Gasteiger partial charge in [0.25, 0.3) is 0 Å². The lowest BCUT2D eigenvalue weighted by atomic mass is 10.2. The summed E-state index contributed by atoms with van der Waals surface area (Å²) in [5, 5.41) is 1.74. The van der Waals surface area contributed by atoms with Crippen molar-refractivity contribution in [3.63, 3.8) is 0 Å². The van der Waals surface area contributed by atoms with E-state index < -0.39 is 0 Å². The lowest BCUT2D eigenvalue weighted by Crippen LogP contribution is -1.99. The molecule has 0 bridgehead atoms. The number of fused-ring (bicyclic) bond motifs is 1. The van der Waals surface area contributed by atoms with Gasteiger partial charge in [-0.3, -0.25) is 0 Å². The fraction of sp³-hybridized carbons (Fsp3) is 0.100. The predicted octanol–water partition coefficient (Wildman–Crippen LogP) is 2.95. The molecule has 0 radical (unpaired) electrons. The second-order valence-corrected chi connectivity index (χ2v) is 4.62. The van der Waals surface area contributed by atoms with Gasteiger partial charge in [0, 0.05) is 15.5 Å². The summed E-state index contributed by atoms with van der Waals surface area (Å²) in [6.07, 6.45) is 0. The minimum Gasteiger partial charge on any atom is -0.325 e. The molecule has 0 unspecified atom stereocenters. The fourth-order valence-electron chi connectivity index (χ4n) is 1.31. The van der Waals surface area contributed by atoms with Gasteiger partial charge in [0.2, 0.25) is 0 Å². The van der Waals surface area contributed by atoms with Crippen LogP contribution in [0.1, 0.15) is 5.69 Å². The summed E-state index contributed by atoms with van der Waals surface area (Å²) >= 11 is 8.32. The van der Waals surface area contributed by atoms with Crippen LogP contribution < -0.4 is 5.73 Å². The Labute approximate surface area is 101 Å². The summed E-state index contributed by atoms with van der Waals surface area (Å²) < 4.78 is 1.11. The molecule has 2 aromatic rings. The SMILES string of the molecule is NCc1ccc2cc(I)cc(Cl)c2n1. The van der Waals surface area contributed by atoms with Crippen LogP contribution in [0.5, 0.6) is 0 Å². The monoisotopic (exact) mass is 318 g/mol. The highest BCUT2D eigenvalue weighted by Gasteiger charge is 2.03. The Kier molecular flexibility index (Phi) is 2.90. The second kappa shape index (κ2) is 4.00. The van der Waals surface area contributed by atoms with Gasteiger partial charge < -0.3 is 5.73 Å². The van der Waals surface area contributed by atoms with E-state index in [1.807, 2.05) is 18.2 Å². The molecule has 0 aliphatic carbocycles. The second-order valence-electron chi connectivity index (χ2n) is 2.97. The molecule has 0 aliphatic heterocycles. The third-order valence-electron chi connectivity index (χ3n) is 1.98. The van der Waals surface area contributed by atoms with Crippen molar-refractivity contribution in [1.82, 2.24) is 4.98 Å². The van der Waals surface area contributed by atoms with Gasteiger partial charge in [0.1, 0.15) is 0 Å². The Hall–Kier alpha value is -0.390. The molecule has 4 heteroatoms. The van der Waals surface area contributed by atoms with Crippen molar-refractivity contribution in [3.05, 3.63) is 38.6 Å². The molecule has 0 fully saturated rings. The van der Waals surface area contributed by atoms with Gasteiger partial charge in [-0.05, 0) is 40.8 Å². The van der Waals surface area contributed by atoms with E-state index in [0.29, 0.717) is 11.6 Å². The number of benzene rings is 1. The van der Waals surface area contributed by atoms with Crippen molar-refractivity contribution in [2.45, 2.75) is 6.54 Å². The first kappa shape index (κ1) is 10.1. The van der Waals surface area contributed by atoms with E-state index in [2.05, 4.69) is 33.6 Å². The van der Waals surface area contributed by atoms with Crippen molar-refractivity contribution in [2.24, 2.45) is 5.73 Å². The molecule has 14 heavy (non-hydrogen) atoms. The van der Waals surface area contributed by atoms with E-state index in [1.54, 1.807) is 0 Å². The smallest absolute Gasteiger partial charge is 0.0892 e. The first-order valence-electron chi connectivity index (χ1n) is 4.15. The van der Waals surface area contributed by atoms with E-state index in [0.717, 1.165) is 20.2 Å². The minimum absolute atomic E-state index is 0.443. The van der Waals surface area contributed by atoms with Crippen LogP contribution in [0.15, 0.2) is 24.3 Å². The zero-order valence-corrected chi connectivity index (χ0v) is 10.2. The molecule has 0 saturated heterocycles. The van der Waals surface area contributed by atoms with Gasteiger partial charge in [0.15, 0.2) is 0 Å².